The molecule has 3 heteroatoms. The van der Waals surface area contributed by atoms with Crippen LogP contribution in [0.15, 0.2) is 0 Å². The van der Waals surface area contributed by atoms with E-state index in [0.29, 0.717) is 12.1 Å². The molecule has 0 aromatic carbocycles. The van der Waals surface area contributed by atoms with Gasteiger partial charge in [0.2, 0.25) is 0 Å². The van der Waals surface area contributed by atoms with E-state index in [4.69, 9.17) is 5.84 Å². The van der Waals surface area contributed by atoms with E-state index in [2.05, 4.69) is 24.2 Å². The normalized spacial score (nSPS) is 19.8. The molecule has 0 atom stereocenters. The Bertz CT molecular complexity index is 107. The van der Waals surface area contributed by atoms with Crippen molar-refractivity contribution in [2.24, 2.45) is 5.84 Å². The summed E-state index contributed by atoms with van der Waals surface area (Å²) in [5, 5.41) is 0. The molecule has 0 spiro atoms. The van der Waals surface area contributed by atoms with Crippen LogP contribution in [0.3, 0.4) is 0 Å². The number of nitrogens with one attached hydrogen (secondary N) is 1. The van der Waals surface area contributed by atoms with Crippen LogP contribution in [0.5, 0.6) is 0 Å². The van der Waals surface area contributed by atoms with E-state index in [0.717, 1.165) is 0 Å². The van der Waals surface area contributed by atoms with Gasteiger partial charge in [0.15, 0.2) is 0 Å². The predicted octanol–water partition coefficient (Wildman–Crippen LogP) is 1.35. The number of piperidine rings is 1. The van der Waals surface area contributed by atoms with E-state index >= 15 is 0 Å². The first-order valence-corrected chi connectivity index (χ1v) is 5.44. The monoisotopic (exact) mass is 187 g/mol. The van der Waals surface area contributed by atoms with Gasteiger partial charge in [0.25, 0.3) is 0 Å². The average Bonchev–Trinajstić information content (AvgIpc) is 2.21. The lowest BCUT2D eigenvalue weighted by molar-refractivity contribution is 0.161. The SMILES string of the molecule is CC.CC(C)N1CCC(NN)CC1. The van der Waals surface area contributed by atoms with Gasteiger partial charge in [-0.3, -0.25) is 11.3 Å². The number of rotatable bonds is 2. The average molecular weight is 187 g/mol. The summed E-state index contributed by atoms with van der Waals surface area (Å²) in [6.45, 7) is 10.9. The van der Waals surface area contributed by atoms with Crippen LogP contribution in [0.25, 0.3) is 0 Å². The lowest BCUT2D eigenvalue weighted by Crippen LogP contribution is -2.47. The molecule has 0 aromatic heterocycles. The predicted molar refractivity (Wildman–Crippen MR) is 58.4 cm³/mol. The van der Waals surface area contributed by atoms with Gasteiger partial charge in [-0.2, -0.15) is 0 Å². The fourth-order valence-electron chi connectivity index (χ4n) is 1.58. The Morgan fingerprint density at radius 1 is 1.23 bits per heavy atom. The Hall–Kier alpha value is -0.120. The molecule has 1 aliphatic rings. The van der Waals surface area contributed by atoms with Crippen LogP contribution in [0.4, 0.5) is 0 Å². The Balaban J connectivity index is 0.000000671. The summed E-state index contributed by atoms with van der Waals surface area (Å²) in [5.41, 5.74) is 2.84. The second-order valence-electron chi connectivity index (χ2n) is 3.57. The van der Waals surface area contributed by atoms with Crippen LogP contribution in [0.1, 0.15) is 40.5 Å². The summed E-state index contributed by atoms with van der Waals surface area (Å²) < 4.78 is 0. The van der Waals surface area contributed by atoms with Crippen molar-refractivity contribution in [2.45, 2.75) is 52.6 Å². The van der Waals surface area contributed by atoms with Gasteiger partial charge in [0.05, 0.1) is 0 Å². The van der Waals surface area contributed by atoms with Crippen LogP contribution < -0.4 is 11.3 Å². The molecule has 0 radical (unpaired) electrons. The number of nitrogens with zero attached hydrogens (tertiary/aromatic N) is 1. The van der Waals surface area contributed by atoms with E-state index in [1.54, 1.807) is 0 Å². The van der Waals surface area contributed by atoms with Gasteiger partial charge in [-0.1, -0.05) is 13.8 Å². The molecule has 1 heterocycles. The highest BCUT2D eigenvalue weighted by Crippen LogP contribution is 2.11. The number of hydrogen-bond donors (Lipinski definition) is 2. The maximum absolute atomic E-state index is 5.36. The molecule has 1 aliphatic heterocycles. The van der Waals surface area contributed by atoms with Crippen molar-refractivity contribution in [3.63, 3.8) is 0 Å². The van der Waals surface area contributed by atoms with Crippen LogP contribution >= 0.6 is 0 Å². The van der Waals surface area contributed by atoms with Gasteiger partial charge in [0, 0.05) is 12.1 Å². The number of hydrogen-bond acceptors (Lipinski definition) is 3. The minimum atomic E-state index is 0.546. The molecule has 0 amide bonds. The molecular formula is C10H25N3. The third kappa shape index (κ3) is 4.60. The summed E-state index contributed by atoms with van der Waals surface area (Å²) in [7, 11) is 0. The fourth-order valence-corrected chi connectivity index (χ4v) is 1.58. The lowest BCUT2D eigenvalue weighted by Gasteiger charge is -2.34. The first kappa shape index (κ1) is 12.9. The van der Waals surface area contributed by atoms with Gasteiger partial charge in [-0.25, -0.2) is 0 Å². The fraction of sp³-hybridized carbons (Fsp3) is 1.00. The van der Waals surface area contributed by atoms with Crippen molar-refractivity contribution in [3.8, 4) is 0 Å². The van der Waals surface area contributed by atoms with Gasteiger partial charge < -0.3 is 4.90 Å². The van der Waals surface area contributed by atoms with Crippen molar-refractivity contribution in [1.82, 2.24) is 10.3 Å². The van der Waals surface area contributed by atoms with E-state index < -0.39 is 0 Å². The van der Waals surface area contributed by atoms with Crippen LogP contribution in [0.2, 0.25) is 0 Å². The van der Waals surface area contributed by atoms with Crippen molar-refractivity contribution in [1.29, 1.82) is 0 Å². The molecule has 3 nitrogen and oxygen atoms in total. The molecular weight excluding hydrogens is 162 g/mol. The number of nitrogens with two attached hydrogens (primary N) is 1. The van der Waals surface area contributed by atoms with Crippen molar-refractivity contribution >= 4 is 0 Å². The second-order valence-corrected chi connectivity index (χ2v) is 3.57. The third-order valence-electron chi connectivity index (χ3n) is 2.50. The highest BCUT2D eigenvalue weighted by Gasteiger charge is 2.19. The Morgan fingerprint density at radius 3 is 2.00 bits per heavy atom. The third-order valence-corrected chi connectivity index (χ3v) is 2.50. The minimum Gasteiger partial charge on any atom is -0.301 e. The number of hydrazine groups is 1. The Kier molecular flexibility index (Phi) is 7.23. The minimum absolute atomic E-state index is 0.546. The molecule has 1 rings (SSSR count). The van der Waals surface area contributed by atoms with Gasteiger partial charge >= 0.3 is 0 Å². The molecule has 1 saturated heterocycles. The zero-order chi connectivity index (χ0) is 10.3. The Morgan fingerprint density at radius 2 is 1.69 bits per heavy atom. The molecule has 0 unspecified atom stereocenters. The maximum Gasteiger partial charge on any atom is 0.0234 e. The van der Waals surface area contributed by atoms with Crippen molar-refractivity contribution in [3.05, 3.63) is 0 Å². The molecule has 13 heavy (non-hydrogen) atoms. The first-order valence-electron chi connectivity index (χ1n) is 5.44. The smallest absolute Gasteiger partial charge is 0.0234 e. The standard InChI is InChI=1S/C8H19N3.C2H6/c1-7(2)11-5-3-8(10-9)4-6-11;1-2/h7-8,10H,3-6,9H2,1-2H3;1-2H3. The van der Waals surface area contributed by atoms with Crippen LogP contribution in [0, 0.1) is 0 Å². The zero-order valence-corrected chi connectivity index (χ0v) is 9.51. The topological polar surface area (TPSA) is 41.3 Å². The Labute approximate surface area is 82.6 Å². The molecule has 0 bridgehead atoms. The van der Waals surface area contributed by atoms with Crippen molar-refractivity contribution < 1.29 is 0 Å². The second kappa shape index (κ2) is 7.30. The summed E-state index contributed by atoms with van der Waals surface area (Å²) in [4.78, 5) is 2.49. The van der Waals surface area contributed by atoms with E-state index in [1.807, 2.05) is 13.8 Å². The van der Waals surface area contributed by atoms with E-state index in [-0.39, 0.29) is 0 Å². The highest BCUT2D eigenvalue weighted by atomic mass is 15.3. The first-order chi connectivity index (χ1) is 6.24. The molecule has 0 saturated carbocycles. The summed E-state index contributed by atoms with van der Waals surface area (Å²) in [6.07, 6.45) is 2.38. The highest BCUT2D eigenvalue weighted by molar-refractivity contribution is 4.76. The lowest BCUT2D eigenvalue weighted by atomic mass is 10.0. The van der Waals surface area contributed by atoms with Gasteiger partial charge in [-0.05, 0) is 39.8 Å². The summed E-state index contributed by atoms with van der Waals surface area (Å²) >= 11 is 0. The number of likely N-dealkylation sites (tertiary alicyclic amines) is 1. The van der Waals surface area contributed by atoms with Crippen LogP contribution in [-0.2, 0) is 0 Å². The van der Waals surface area contributed by atoms with E-state index in [1.165, 1.54) is 25.9 Å². The van der Waals surface area contributed by atoms with Gasteiger partial charge in [-0.15, -0.1) is 0 Å². The maximum atomic E-state index is 5.36. The van der Waals surface area contributed by atoms with E-state index in [9.17, 15) is 0 Å². The van der Waals surface area contributed by atoms with Crippen molar-refractivity contribution in [2.75, 3.05) is 13.1 Å². The summed E-state index contributed by atoms with van der Waals surface area (Å²) in [6, 6.07) is 1.23. The molecule has 0 aromatic rings. The largest absolute Gasteiger partial charge is 0.301 e. The summed E-state index contributed by atoms with van der Waals surface area (Å²) in [5.74, 6) is 5.36. The molecule has 1 fully saturated rings. The zero-order valence-electron chi connectivity index (χ0n) is 9.51. The molecule has 3 N–H and O–H groups in total. The quantitative estimate of drug-likeness (QED) is 0.506. The van der Waals surface area contributed by atoms with Gasteiger partial charge in [0.1, 0.15) is 0 Å². The molecule has 0 aliphatic carbocycles. The molecule has 80 valence electrons. The van der Waals surface area contributed by atoms with Crippen LogP contribution in [-0.4, -0.2) is 30.1 Å².